The first kappa shape index (κ1) is 22.9. The van der Waals surface area contributed by atoms with Gasteiger partial charge in [-0.05, 0) is 19.3 Å². The van der Waals surface area contributed by atoms with Crippen molar-refractivity contribution < 1.29 is 9.59 Å². The van der Waals surface area contributed by atoms with Crippen LogP contribution < -0.4 is 21.3 Å². The molecule has 0 fully saturated rings. The summed E-state index contributed by atoms with van der Waals surface area (Å²) in [6, 6.07) is 0.855. The van der Waals surface area contributed by atoms with E-state index in [-0.39, 0.29) is 30.1 Å². The Morgan fingerprint density at radius 2 is 1.42 bits per heavy atom. The van der Waals surface area contributed by atoms with Gasteiger partial charge in [-0.2, -0.15) is 0 Å². The molecule has 0 radical (unpaired) electrons. The van der Waals surface area contributed by atoms with Gasteiger partial charge < -0.3 is 21.3 Å². The molecule has 6 nitrogen and oxygen atoms in total. The lowest BCUT2D eigenvalue weighted by Crippen LogP contribution is -2.41. The normalized spacial score (nSPS) is 13.8. The molecule has 2 unspecified atom stereocenters. The third-order valence-corrected chi connectivity index (χ3v) is 4.08. The average Bonchev–Trinajstić information content (AvgIpc) is 2.52. The molecule has 0 aromatic rings. The maximum Gasteiger partial charge on any atom is 0.223 e. The van der Waals surface area contributed by atoms with Crippen molar-refractivity contribution in [2.75, 3.05) is 26.2 Å². The smallest absolute Gasteiger partial charge is 0.223 e. The Hall–Kier alpha value is -1.14. The largest absolute Gasteiger partial charge is 0.355 e. The summed E-state index contributed by atoms with van der Waals surface area (Å²) >= 11 is 0. The quantitative estimate of drug-likeness (QED) is 0.380. The summed E-state index contributed by atoms with van der Waals surface area (Å²) in [4.78, 5) is 24.4. The van der Waals surface area contributed by atoms with Gasteiger partial charge in [-0.3, -0.25) is 9.59 Å². The van der Waals surface area contributed by atoms with Crippen molar-refractivity contribution in [1.29, 1.82) is 0 Å². The Labute approximate surface area is 147 Å². The van der Waals surface area contributed by atoms with Crippen molar-refractivity contribution >= 4 is 11.8 Å². The van der Waals surface area contributed by atoms with Crippen molar-refractivity contribution in [2.24, 2.45) is 11.8 Å². The third kappa shape index (κ3) is 11.4. The fourth-order valence-corrected chi connectivity index (χ4v) is 2.25. The van der Waals surface area contributed by atoms with Gasteiger partial charge in [0.1, 0.15) is 0 Å². The monoisotopic (exact) mass is 342 g/mol. The second-order valence-electron chi connectivity index (χ2n) is 7.07. The molecule has 142 valence electrons. The molecule has 0 saturated heterocycles. The molecule has 0 spiro atoms. The summed E-state index contributed by atoms with van der Waals surface area (Å²) in [5.41, 5.74) is 0. The van der Waals surface area contributed by atoms with E-state index in [2.05, 4.69) is 49.0 Å². The standard InChI is InChI=1S/C18H38N4O2/c1-7-15(6)20-9-10-21-17(23)12-16(13(2)3)18(24)22-11-8-19-14(4)5/h13-16,19-20H,7-12H2,1-6H3,(H,21,23)(H,22,24). The molecule has 0 bridgehead atoms. The predicted molar refractivity (Wildman–Crippen MR) is 99.9 cm³/mol. The van der Waals surface area contributed by atoms with Crippen molar-refractivity contribution in [3.8, 4) is 0 Å². The Morgan fingerprint density at radius 1 is 0.833 bits per heavy atom. The molecule has 0 aromatic heterocycles. The highest BCUT2D eigenvalue weighted by molar-refractivity contribution is 5.85. The summed E-state index contributed by atoms with van der Waals surface area (Å²) < 4.78 is 0. The first-order valence-electron chi connectivity index (χ1n) is 9.29. The molecule has 0 saturated carbocycles. The number of hydrogen-bond acceptors (Lipinski definition) is 4. The van der Waals surface area contributed by atoms with Gasteiger partial charge in [0.25, 0.3) is 0 Å². The second-order valence-corrected chi connectivity index (χ2v) is 7.07. The van der Waals surface area contributed by atoms with Gasteiger partial charge in [0.05, 0.1) is 0 Å². The fraction of sp³-hybridized carbons (Fsp3) is 0.889. The summed E-state index contributed by atoms with van der Waals surface area (Å²) in [7, 11) is 0. The zero-order chi connectivity index (χ0) is 18.5. The Kier molecular flexibility index (Phi) is 12.6. The zero-order valence-electron chi connectivity index (χ0n) is 16.4. The fourth-order valence-electron chi connectivity index (χ4n) is 2.25. The summed E-state index contributed by atoms with van der Waals surface area (Å²) in [6.07, 6.45) is 1.31. The van der Waals surface area contributed by atoms with E-state index in [0.717, 1.165) is 19.5 Å². The molecule has 0 aliphatic carbocycles. The summed E-state index contributed by atoms with van der Waals surface area (Å²) in [5, 5.41) is 12.4. The van der Waals surface area contributed by atoms with E-state index in [9.17, 15) is 9.59 Å². The van der Waals surface area contributed by atoms with Crippen LogP contribution in [0.2, 0.25) is 0 Å². The number of carbonyl (C=O) groups is 2. The molecule has 0 aliphatic rings. The van der Waals surface area contributed by atoms with E-state index < -0.39 is 0 Å². The summed E-state index contributed by atoms with van der Waals surface area (Å²) in [5.74, 6) is -0.253. The lowest BCUT2D eigenvalue weighted by Gasteiger charge is -2.20. The van der Waals surface area contributed by atoms with E-state index in [4.69, 9.17) is 0 Å². The van der Waals surface area contributed by atoms with E-state index in [1.165, 1.54) is 0 Å². The van der Waals surface area contributed by atoms with Crippen LogP contribution in [0, 0.1) is 11.8 Å². The highest BCUT2D eigenvalue weighted by atomic mass is 16.2. The molecular formula is C18H38N4O2. The number of amides is 2. The average molecular weight is 343 g/mol. The highest BCUT2D eigenvalue weighted by Gasteiger charge is 2.24. The number of nitrogens with one attached hydrogen (secondary N) is 4. The maximum absolute atomic E-state index is 12.3. The van der Waals surface area contributed by atoms with Gasteiger partial charge in [-0.25, -0.2) is 0 Å². The van der Waals surface area contributed by atoms with E-state index in [0.29, 0.717) is 25.2 Å². The number of carbonyl (C=O) groups excluding carboxylic acids is 2. The van der Waals surface area contributed by atoms with Crippen molar-refractivity contribution in [3.63, 3.8) is 0 Å². The van der Waals surface area contributed by atoms with Crippen molar-refractivity contribution in [3.05, 3.63) is 0 Å². The van der Waals surface area contributed by atoms with Crippen molar-refractivity contribution in [1.82, 2.24) is 21.3 Å². The molecule has 0 heterocycles. The molecule has 2 amide bonds. The first-order chi connectivity index (χ1) is 11.3. The highest BCUT2D eigenvalue weighted by Crippen LogP contribution is 2.15. The molecule has 0 aliphatic heterocycles. The number of rotatable bonds is 13. The predicted octanol–water partition coefficient (Wildman–Crippen LogP) is 1.27. The van der Waals surface area contributed by atoms with Gasteiger partial charge in [0.2, 0.25) is 11.8 Å². The Balaban J connectivity index is 4.12. The van der Waals surface area contributed by atoms with Gasteiger partial charge in [0.15, 0.2) is 0 Å². The van der Waals surface area contributed by atoms with Gasteiger partial charge in [-0.15, -0.1) is 0 Å². The molecule has 2 atom stereocenters. The Morgan fingerprint density at radius 3 is 1.96 bits per heavy atom. The molecule has 6 heteroatoms. The van der Waals surface area contributed by atoms with E-state index in [1.807, 2.05) is 13.8 Å². The molecular weight excluding hydrogens is 304 g/mol. The maximum atomic E-state index is 12.3. The van der Waals surface area contributed by atoms with Crippen LogP contribution in [0.15, 0.2) is 0 Å². The van der Waals surface area contributed by atoms with Crippen LogP contribution in [0.5, 0.6) is 0 Å². The van der Waals surface area contributed by atoms with Crippen molar-refractivity contribution in [2.45, 2.75) is 66.5 Å². The van der Waals surface area contributed by atoms with Crippen LogP contribution in [0.3, 0.4) is 0 Å². The molecule has 4 N–H and O–H groups in total. The minimum atomic E-state index is -0.286. The summed E-state index contributed by atoms with van der Waals surface area (Å²) in [6.45, 7) is 15.0. The van der Waals surface area contributed by atoms with Crippen LogP contribution in [0.4, 0.5) is 0 Å². The van der Waals surface area contributed by atoms with Gasteiger partial charge in [0, 0.05) is 50.6 Å². The minimum Gasteiger partial charge on any atom is -0.355 e. The molecule has 0 aromatic carbocycles. The lowest BCUT2D eigenvalue weighted by molar-refractivity contribution is -0.131. The van der Waals surface area contributed by atoms with Gasteiger partial charge >= 0.3 is 0 Å². The third-order valence-electron chi connectivity index (χ3n) is 4.08. The second kappa shape index (κ2) is 13.2. The van der Waals surface area contributed by atoms with E-state index >= 15 is 0 Å². The van der Waals surface area contributed by atoms with Crippen LogP contribution in [-0.4, -0.2) is 50.1 Å². The molecule has 0 rings (SSSR count). The van der Waals surface area contributed by atoms with Crippen LogP contribution in [0.25, 0.3) is 0 Å². The first-order valence-corrected chi connectivity index (χ1v) is 9.29. The van der Waals surface area contributed by atoms with Crippen LogP contribution >= 0.6 is 0 Å². The topological polar surface area (TPSA) is 82.3 Å². The van der Waals surface area contributed by atoms with E-state index in [1.54, 1.807) is 0 Å². The van der Waals surface area contributed by atoms with Crippen LogP contribution in [-0.2, 0) is 9.59 Å². The van der Waals surface area contributed by atoms with Crippen LogP contribution in [0.1, 0.15) is 54.4 Å². The lowest BCUT2D eigenvalue weighted by atomic mass is 9.91. The zero-order valence-corrected chi connectivity index (χ0v) is 16.4. The molecule has 24 heavy (non-hydrogen) atoms. The number of hydrogen-bond donors (Lipinski definition) is 4. The SMILES string of the molecule is CCC(C)NCCNC(=O)CC(C(=O)NCCNC(C)C)C(C)C. The Bertz CT molecular complexity index is 359. The minimum absolute atomic E-state index is 0.0385. The van der Waals surface area contributed by atoms with Gasteiger partial charge in [-0.1, -0.05) is 34.6 Å².